The van der Waals surface area contributed by atoms with Crippen molar-refractivity contribution in [3.05, 3.63) is 63.6 Å². The number of carbonyl (C=O) groups is 2. The summed E-state index contributed by atoms with van der Waals surface area (Å²) in [6.45, 7) is 8.89. The molecule has 0 aliphatic heterocycles. The maximum Gasteiger partial charge on any atom is 0.244 e. The Morgan fingerprint density at radius 1 is 1.03 bits per heavy atom. The molecule has 0 heterocycles. The number of anilines is 1. The first-order valence-electron chi connectivity index (χ1n) is 11.9. The Hall–Kier alpha value is -2.29. The number of halogens is 2. The summed E-state index contributed by atoms with van der Waals surface area (Å²) >= 11 is 12.4. The van der Waals surface area contributed by atoms with Gasteiger partial charge in [0.25, 0.3) is 0 Å². The lowest BCUT2D eigenvalue weighted by Crippen LogP contribution is -2.52. The van der Waals surface area contributed by atoms with Gasteiger partial charge < -0.3 is 10.2 Å². The van der Waals surface area contributed by atoms with Crippen LogP contribution in [0.15, 0.2) is 42.5 Å². The van der Waals surface area contributed by atoms with Gasteiger partial charge in [-0.1, -0.05) is 68.2 Å². The lowest BCUT2D eigenvalue weighted by Gasteiger charge is -2.33. The number of nitrogens with one attached hydrogen (secondary N) is 1. The summed E-state index contributed by atoms with van der Waals surface area (Å²) in [4.78, 5) is 28.1. The third-order valence-electron chi connectivity index (χ3n) is 6.03. The van der Waals surface area contributed by atoms with Crippen LogP contribution in [0, 0.1) is 0 Å². The first-order valence-corrected chi connectivity index (χ1v) is 14.5. The number of rotatable bonds is 11. The Morgan fingerprint density at radius 2 is 1.67 bits per heavy atom. The van der Waals surface area contributed by atoms with Crippen LogP contribution >= 0.6 is 23.2 Å². The van der Waals surface area contributed by atoms with Crippen molar-refractivity contribution in [1.29, 1.82) is 0 Å². The Morgan fingerprint density at radius 3 is 2.22 bits per heavy atom. The molecule has 0 fully saturated rings. The lowest BCUT2D eigenvalue weighted by molar-refractivity contribution is -0.139. The lowest BCUT2D eigenvalue weighted by atomic mass is 10.0. The third kappa shape index (κ3) is 7.85. The van der Waals surface area contributed by atoms with Gasteiger partial charge >= 0.3 is 0 Å². The van der Waals surface area contributed by atoms with Crippen LogP contribution in [0.5, 0.6) is 0 Å². The summed E-state index contributed by atoms with van der Waals surface area (Å²) in [5, 5.41) is 3.68. The highest BCUT2D eigenvalue weighted by Crippen LogP contribution is 2.29. The molecule has 0 aliphatic rings. The Bertz CT molecular complexity index is 1190. The van der Waals surface area contributed by atoms with Gasteiger partial charge in [-0.25, -0.2) is 8.42 Å². The summed E-state index contributed by atoms with van der Waals surface area (Å²) in [6.07, 6.45) is 1.79. The van der Waals surface area contributed by atoms with Crippen LogP contribution in [-0.2, 0) is 26.2 Å². The molecular weight excluding hydrogens is 521 g/mol. The first-order chi connectivity index (χ1) is 16.8. The maximum atomic E-state index is 13.7. The standard InChI is InChI=1S/C26H35Cl2N3O4S/c1-7-18(4)29-26(33)19(5)30(15-20-12-13-21(27)14-23(20)28)25(32)16-31(36(6,34)35)24-11-9-8-10-22(24)17(2)3/h8-14,17-19H,7,15-16H2,1-6H3,(H,29,33)/t18-,19+/m1/s1. The zero-order chi connectivity index (χ0) is 27.2. The fraction of sp³-hybridized carbons (Fsp3) is 0.462. The second-order valence-corrected chi connectivity index (χ2v) is 12.0. The predicted molar refractivity (Wildman–Crippen MR) is 147 cm³/mol. The molecule has 36 heavy (non-hydrogen) atoms. The van der Waals surface area contributed by atoms with E-state index >= 15 is 0 Å². The van der Waals surface area contributed by atoms with Gasteiger partial charge in [0.15, 0.2) is 0 Å². The number of carbonyl (C=O) groups excluding carboxylic acids is 2. The molecule has 198 valence electrons. The monoisotopic (exact) mass is 555 g/mol. The molecule has 0 saturated heterocycles. The molecule has 1 N–H and O–H groups in total. The topological polar surface area (TPSA) is 86.8 Å². The number of nitrogens with zero attached hydrogens (tertiary/aromatic N) is 2. The smallest absolute Gasteiger partial charge is 0.244 e. The van der Waals surface area contributed by atoms with Crippen LogP contribution in [0.1, 0.15) is 58.1 Å². The van der Waals surface area contributed by atoms with Crippen molar-refractivity contribution in [3.63, 3.8) is 0 Å². The average molecular weight is 557 g/mol. The minimum absolute atomic E-state index is 0.00730. The Labute approximate surface area is 224 Å². The van der Waals surface area contributed by atoms with Crippen molar-refractivity contribution in [3.8, 4) is 0 Å². The van der Waals surface area contributed by atoms with Crippen LogP contribution in [0.25, 0.3) is 0 Å². The summed E-state index contributed by atoms with van der Waals surface area (Å²) in [6, 6.07) is 11.0. The molecule has 0 aliphatic carbocycles. The fourth-order valence-electron chi connectivity index (χ4n) is 3.68. The molecule has 2 amide bonds. The van der Waals surface area contributed by atoms with Crippen molar-refractivity contribution in [2.24, 2.45) is 0 Å². The van der Waals surface area contributed by atoms with Gasteiger partial charge in [-0.3, -0.25) is 13.9 Å². The van der Waals surface area contributed by atoms with Crippen molar-refractivity contribution in [2.75, 3.05) is 17.1 Å². The van der Waals surface area contributed by atoms with Crippen molar-refractivity contribution < 1.29 is 18.0 Å². The SMILES string of the molecule is CC[C@@H](C)NC(=O)[C@H](C)N(Cc1ccc(Cl)cc1Cl)C(=O)CN(c1ccccc1C(C)C)S(C)(=O)=O. The molecule has 0 bridgehead atoms. The molecule has 10 heteroatoms. The molecule has 0 saturated carbocycles. The highest BCUT2D eigenvalue weighted by molar-refractivity contribution is 7.92. The highest BCUT2D eigenvalue weighted by atomic mass is 35.5. The predicted octanol–water partition coefficient (Wildman–Crippen LogP) is 5.21. The van der Waals surface area contributed by atoms with Gasteiger partial charge in [0.2, 0.25) is 21.8 Å². The molecule has 7 nitrogen and oxygen atoms in total. The van der Waals surface area contributed by atoms with E-state index in [1.807, 2.05) is 39.8 Å². The van der Waals surface area contributed by atoms with E-state index in [0.717, 1.165) is 22.5 Å². The summed E-state index contributed by atoms with van der Waals surface area (Å²) in [7, 11) is -3.82. The zero-order valence-electron chi connectivity index (χ0n) is 21.6. The number of amides is 2. The van der Waals surface area contributed by atoms with Crippen molar-refractivity contribution in [2.45, 2.75) is 65.6 Å². The van der Waals surface area contributed by atoms with Crippen LogP contribution in [0.3, 0.4) is 0 Å². The third-order valence-corrected chi connectivity index (χ3v) is 7.74. The second kappa shape index (κ2) is 12.8. The first kappa shape index (κ1) is 29.9. The van der Waals surface area contributed by atoms with Gasteiger partial charge in [-0.05, 0) is 55.5 Å². The molecule has 2 aromatic rings. The van der Waals surface area contributed by atoms with Crippen LogP contribution in [0.4, 0.5) is 5.69 Å². The number of sulfonamides is 1. The molecule has 0 spiro atoms. The molecule has 2 atom stereocenters. The Balaban J connectivity index is 2.49. The van der Waals surface area contributed by atoms with E-state index in [-0.39, 0.29) is 24.4 Å². The maximum absolute atomic E-state index is 13.7. The van der Waals surface area contributed by atoms with Crippen LogP contribution in [-0.4, -0.2) is 50.0 Å². The van der Waals surface area contributed by atoms with E-state index in [0.29, 0.717) is 21.3 Å². The van der Waals surface area contributed by atoms with Gasteiger partial charge in [-0.2, -0.15) is 0 Å². The zero-order valence-corrected chi connectivity index (χ0v) is 23.9. The van der Waals surface area contributed by atoms with E-state index < -0.39 is 28.5 Å². The number of benzene rings is 2. The molecule has 0 radical (unpaired) electrons. The minimum atomic E-state index is -3.82. The quantitative estimate of drug-likeness (QED) is 0.412. The fourth-order valence-corrected chi connectivity index (χ4v) is 5.02. The van der Waals surface area contributed by atoms with E-state index in [1.54, 1.807) is 37.3 Å². The largest absolute Gasteiger partial charge is 0.352 e. The van der Waals surface area contributed by atoms with Gasteiger partial charge in [-0.15, -0.1) is 0 Å². The van der Waals surface area contributed by atoms with Gasteiger partial charge in [0.05, 0.1) is 11.9 Å². The van der Waals surface area contributed by atoms with E-state index in [1.165, 1.54) is 4.90 Å². The second-order valence-electron chi connectivity index (χ2n) is 9.23. The normalized spacial score (nSPS) is 13.2. The molecular formula is C26H35Cl2N3O4S. The highest BCUT2D eigenvalue weighted by Gasteiger charge is 2.31. The summed E-state index contributed by atoms with van der Waals surface area (Å²) in [5.74, 6) is -0.835. The molecule has 0 aromatic heterocycles. The Kier molecular flexibility index (Phi) is 10.6. The summed E-state index contributed by atoms with van der Waals surface area (Å²) in [5.41, 5.74) is 1.82. The van der Waals surface area contributed by atoms with E-state index in [2.05, 4.69) is 5.32 Å². The number of hydrogen-bond acceptors (Lipinski definition) is 4. The average Bonchev–Trinajstić information content (AvgIpc) is 2.80. The summed E-state index contributed by atoms with van der Waals surface area (Å²) < 4.78 is 26.8. The number of para-hydroxylation sites is 1. The minimum Gasteiger partial charge on any atom is -0.352 e. The van der Waals surface area contributed by atoms with Crippen LogP contribution in [0.2, 0.25) is 10.0 Å². The van der Waals surface area contributed by atoms with Gasteiger partial charge in [0.1, 0.15) is 12.6 Å². The van der Waals surface area contributed by atoms with Crippen molar-refractivity contribution in [1.82, 2.24) is 10.2 Å². The molecule has 2 aromatic carbocycles. The van der Waals surface area contributed by atoms with Crippen molar-refractivity contribution >= 4 is 50.7 Å². The van der Waals surface area contributed by atoms with Crippen LogP contribution < -0.4 is 9.62 Å². The number of hydrogen-bond donors (Lipinski definition) is 1. The molecule has 0 unspecified atom stereocenters. The molecule has 2 rings (SSSR count). The van der Waals surface area contributed by atoms with E-state index in [4.69, 9.17) is 23.2 Å². The van der Waals surface area contributed by atoms with E-state index in [9.17, 15) is 18.0 Å². The van der Waals surface area contributed by atoms with Gasteiger partial charge in [0, 0.05) is 22.6 Å².